The zero-order chi connectivity index (χ0) is 14.5. The molecule has 0 saturated heterocycles. The lowest BCUT2D eigenvalue weighted by molar-refractivity contribution is 0.816. The molecule has 4 nitrogen and oxygen atoms in total. The lowest BCUT2D eigenvalue weighted by Gasteiger charge is -2.04. The largest absolute Gasteiger partial charge is 0.301 e. The lowest BCUT2D eigenvalue weighted by Crippen LogP contribution is -2.09. The van der Waals surface area contributed by atoms with Gasteiger partial charge in [-0.05, 0) is 40.5 Å². The second kappa shape index (κ2) is 6.73. The fourth-order valence-electron chi connectivity index (χ4n) is 1.68. The Hall–Kier alpha value is -1.58. The zero-order valence-corrected chi connectivity index (χ0v) is 13.2. The van der Waals surface area contributed by atoms with Gasteiger partial charge in [-0.3, -0.25) is 4.79 Å². The molecule has 102 valence electrons. The Labute approximate surface area is 129 Å². The highest BCUT2D eigenvalue weighted by Crippen LogP contribution is 2.28. The van der Waals surface area contributed by atoms with E-state index in [2.05, 4.69) is 32.0 Å². The van der Waals surface area contributed by atoms with Gasteiger partial charge in [-0.15, -0.1) is 0 Å². The molecular formula is C14H12BrN3OS. The summed E-state index contributed by atoms with van der Waals surface area (Å²) in [5, 5.41) is 9.45. The fraction of sp³-hybridized carbons (Fsp3) is 0.214. The van der Waals surface area contributed by atoms with Gasteiger partial charge in [-0.25, -0.2) is 4.98 Å². The summed E-state index contributed by atoms with van der Waals surface area (Å²) >= 11 is 4.72. The number of nitrogens with zero attached hydrogens (tertiary/aromatic N) is 2. The van der Waals surface area contributed by atoms with Crippen molar-refractivity contribution in [3.63, 3.8) is 0 Å². The number of nitrogens with one attached hydrogen (secondary N) is 1. The Kier molecular flexibility index (Phi) is 4.99. The number of hydrogen-bond donors (Lipinski definition) is 1. The number of nitriles is 1. The summed E-state index contributed by atoms with van der Waals surface area (Å²) in [6, 6.07) is 9.04. The van der Waals surface area contributed by atoms with Gasteiger partial charge in [0.05, 0.1) is 5.56 Å². The standard InChI is InChI=1S/C14H12BrN3OS/c1-2-3-10-6-13(19)18-14(17-10)20-11-5-4-9(8-16)12(15)7-11/h4-7H,2-3H2,1H3,(H,17,18,19). The first-order valence-corrected chi connectivity index (χ1v) is 7.71. The molecule has 2 aromatic rings. The average Bonchev–Trinajstić information content (AvgIpc) is 2.38. The highest BCUT2D eigenvalue weighted by Gasteiger charge is 2.06. The summed E-state index contributed by atoms with van der Waals surface area (Å²) in [6.45, 7) is 2.05. The van der Waals surface area contributed by atoms with Gasteiger partial charge < -0.3 is 4.98 Å². The number of rotatable bonds is 4. The Morgan fingerprint density at radius 3 is 2.90 bits per heavy atom. The van der Waals surface area contributed by atoms with Gasteiger partial charge in [0.1, 0.15) is 6.07 Å². The molecule has 0 aliphatic carbocycles. The number of benzene rings is 1. The van der Waals surface area contributed by atoms with Crippen LogP contribution in [0.4, 0.5) is 0 Å². The minimum atomic E-state index is -0.140. The van der Waals surface area contributed by atoms with Gasteiger partial charge in [0.15, 0.2) is 5.16 Å². The highest BCUT2D eigenvalue weighted by molar-refractivity contribution is 9.10. The normalized spacial score (nSPS) is 10.2. The maximum Gasteiger partial charge on any atom is 0.251 e. The second-order valence-corrected chi connectivity index (χ2v) is 6.06. The number of H-pyrrole nitrogens is 1. The van der Waals surface area contributed by atoms with Crippen LogP contribution < -0.4 is 5.56 Å². The van der Waals surface area contributed by atoms with Gasteiger partial charge in [0.25, 0.3) is 5.56 Å². The fourth-order valence-corrected chi connectivity index (χ4v) is 3.15. The predicted molar refractivity (Wildman–Crippen MR) is 81.8 cm³/mol. The number of halogens is 1. The summed E-state index contributed by atoms with van der Waals surface area (Å²) in [5.41, 5.74) is 1.24. The van der Waals surface area contributed by atoms with E-state index in [1.54, 1.807) is 6.07 Å². The molecular weight excluding hydrogens is 338 g/mol. The van der Waals surface area contributed by atoms with Crippen molar-refractivity contribution in [2.75, 3.05) is 0 Å². The smallest absolute Gasteiger partial charge is 0.251 e. The maximum absolute atomic E-state index is 11.6. The number of aryl methyl sites for hydroxylation is 1. The lowest BCUT2D eigenvalue weighted by atomic mass is 10.2. The van der Waals surface area contributed by atoms with Crippen LogP contribution in [0.2, 0.25) is 0 Å². The van der Waals surface area contributed by atoms with Crippen molar-refractivity contribution < 1.29 is 0 Å². The Balaban J connectivity index is 2.28. The number of aromatic amines is 1. The van der Waals surface area contributed by atoms with Crippen molar-refractivity contribution in [2.45, 2.75) is 29.8 Å². The average molecular weight is 350 g/mol. The van der Waals surface area contributed by atoms with E-state index in [0.29, 0.717) is 10.7 Å². The molecule has 6 heteroatoms. The van der Waals surface area contributed by atoms with Crippen molar-refractivity contribution in [2.24, 2.45) is 0 Å². The summed E-state index contributed by atoms with van der Waals surface area (Å²) in [5.74, 6) is 0. The molecule has 0 bridgehead atoms. The van der Waals surface area contributed by atoms with Crippen LogP contribution in [-0.4, -0.2) is 9.97 Å². The molecule has 0 atom stereocenters. The van der Waals surface area contributed by atoms with E-state index < -0.39 is 0 Å². The Morgan fingerprint density at radius 2 is 2.25 bits per heavy atom. The molecule has 0 radical (unpaired) electrons. The van der Waals surface area contributed by atoms with Crippen LogP contribution in [0.25, 0.3) is 0 Å². The molecule has 0 saturated carbocycles. The van der Waals surface area contributed by atoms with Crippen LogP contribution in [0.15, 0.2) is 43.6 Å². The van der Waals surface area contributed by atoms with Crippen LogP contribution >= 0.6 is 27.7 Å². The third-order valence-corrected chi connectivity index (χ3v) is 4.09. The molecule has 0 aliphatic heterocycles. The van der Waals surface area contributed by atoms with Crippen LogP contribution in [-0.2, 0) is 6.42 Å². The van der Waals surface area contributed by atoms with Gasteiger partial charge in [0, 0.05) is 21.1 Å². The molecule has 1 aromatic heterocycles. The SMILES string of the molecule is CCCc1cc(=O)[nH]c(Sc2ccc(C#N)c(Br)c2)n1. The van der Waals surface area contributed by atoms with E-state index >= 15 is 0 Å². The van der Waals surface area contributed by atoms with E-state index in [-0.39, 0.29) is 5.56 Å². The van der Waals surface area contributed by atoms with Crippen LogP contribution in [0.1, 0.15) is 24.6 Å². The second-order valence-electron chi connectivity index (χ2n) is 4.15. The monoisotopic (exact) mass is 349 g/mol. The zero-order valence-electron chi connectivity index (χ0n) is 10.8. The number of aromatic nitrogens is 2. The molecule has 2 rings (SSSR count). The minimum Gasteiger partial charge on any atom is -0.301 e. The van der Waals surface area contributed by atoms with Crippen LogP contribution in [0.3, 0.4) is 0 Å². The Morgan fingerprint density at radius 1 is 1.45 bits per heavy atom. The quantitative estimate of drug-likeness (QED) is 0.857. The topological polar surface area (TPSA) is 69.5 Å². The van der Waals surface area contributed by atoms with E-state index in [9.17, 15) is 4.79 Å². The molecule has 1 N–H and O–H groups in total. The minimum absolute atomic E-state index is 0.140. The van der Waals surface area contributed by atoms with Crippen molar-refractivity contribution in [3.05, 3.63) is 50.3 Å². The van der Waals surface area contributed by atoms with Gasteiger partial charge in [0.2, 0.25) is 0 Å². The molecule has 0 amide bonds. The van der Waals surface area contributed by atoms with E-state index in [1.807, 2.05) is 19.1 Å². The van der Waals surface area contributed by atoms with Crippen molar-refractivity contribution in [3.8, 4) is 6.07 Å². The van der Waals surface area contributed by atoms with Crippen molar-refractivity contribution in [1.29, 1.82) is 5.26 Å². The first-order chi connectivity index (χ1) is 9.62. The third-order valence-electron chi connectivity index (χ3n) is 2.55. The number of hydrogen-bond acceptors (Lipinski definition) is 4. The van der Waals surface area contributed by atoms with E-state index in [1.165, 1.54) is 17.8 Å². The molecule has 1 aromatic carbocycles. The molecule has 0 aliphatic rings. The molecule has 0 fully saturated rings. The van der Waals surface area contributed by atoms with Crippen LogP contribution in [0, 0.1) is 11.3 Å². The molecule has 0 unspecified atom stereocenters. The third kappa shape index (κ3) is 3.71. The highest BCUT2D eigenvalue weighted by atomic mass is 79.9. The summed E-state index contributed by atoms with van der Waals surface area (Å²) < 4.78 is 0.733. The summed E-state index contributed by atoms with van der Waals surface area (Å²) in [6.07, 6.45) is 1.73. The van der Waals surface area contributed by atoms with Gasteiger partial charge >= 0.3 is 0 Å². The van der Waals surface area contributed by atoms with E-state index in [0.717, 1.165) is 27.9 Å². The summed E-state index contributed by atoms with van der Waals surface area (Å²) in [4.78, 5) is 19.6. The van der Waals surface area contributed by atoms with E-state index in [4.69, 9.17) is 5.26 Å². The molecule has 20 heavy (non-hydrogen) atoms. The predicted octanol–water partition coefficient (Wildman–Crippen LogP) is 3.51. The Bertz CT molecular complexity index is 721. The first-order valence-electron chi connectivity index (χ1n) is 6.10. The molecule has 0 spiro atoms. The van der Waals surface area contributed by atoms with Crippen LogP contribution in [0.5, 0.6) is 0 Å². The van der Waals surface area contributed by atoms with Crippen molar-refractivity contribution in [1.82, 2.24) is 9.97 Å². The van der Waals surface area contributed by atoms with Crippen molar-refractivity contribution >= 4 is 27.7 Å². The van der Waals surface area contributed by atoms with Gasteiger partial charge in [-0.2, -0.15) is 5.26 Å². The molecule has 1 heterocycles. The maximum atomic E-state index is 11.6. The van der Waals surface area contributed by atoms with Gasteiger partial charge in [-0.1, -0.05) is 25.1 Å². The summed E-state index contributed by atoms with van der Waals surface area (Å²) in [7, 11) is 0. The first kappa shape index (κ1) is 14.8.